The lowest BCUT2D eigenvalue weighted by molar-refractivity contribution is 0.0686. The number of nitrogens with two attached hydrogens (primary N) is 1. The molecule has 2 aromatic heterocycles. The summed E-state index contributed by atoms with van der Waals surface area (Å²) in [6, 6.07) is 20.2. The number of nitrogens with zero attached hydrogens (tertiary/aromatic N) is 4. The molecule has 0 aliphatic heterocycles. The average molecular weight is 538 g/mol. The summed E-state index contributed by atoms with van der Waals surface area (Å²) in [6.07, 6.45) is 2.40. The zero-order valence-corrected chi connectivity index (χ0v) is 21.9. The van der Waals surface area contributed by atoms with Crippen LogP contribution in [0.3, 0.4) is 0 Å². The summed E-state index contributed by atoms with van der Waals surface area (Å²) < 4.78 is 12.7. The molecule has 5 rings (SSSR count). The molecule has 10 nitrogen and oxygen atoms in total. The van der Waals surface area contributed by atoms with E-state index in [0.29, 0.717) is 22.2 Å². The van der Waals surface area contributed by atoms with Crippen LogP contribution in [-0.2, 0) is 11.3 Å². The second-order valence-electron chi connectivity index (χ2n) is 9.60. The second-order valence-corrected chi connectivity index (χ2v) is 9.60. The van der Waals surface area contributed by atoms with Crippen LogP contribution in [0.4, 0.5) is 4.79 Å². The Morgan fingerprint density at radius 3 is 2.52 bits per heavy atom. The number of hydrogen-bond donors (Lipinski definition) is 2. The van der Waals surface area contributed by atoms with Gasteiger partial charge in [0.2, 0.25) is 0 Å². The normalized spacial score (nSPS) is 11.7. The van der Waals surface area contributed by atoms with Gasteiger partial charge in [0, 0.05) is 35.4 Å². The Morgan fingerprint density at radius 1 is 1.00 bits per heavy atom. The number of rotatable bonds is 8. The van der Waals surface area contributed by atoms with Crippen molar-refractivity contribution < 1.29 is 24.2 Å². The first-order valence-electron chi connectivity index (χ1n) is 12.6. The number of benzene rings is 3. The summed E-state index contributed by atoms with van der Waals surface area (Å²) in [6.45, 7) is 4.29. The number of carbonyl (C=O) groups is 2. The molecule has 0 aliphatic rings. The molecule has 1 amide bonds. The van der Waals surface area contributed by atoms with Crippen molar-refractivity contribution in [2.45, 2.75) is 20.4 Å². The number of carboxylic acids is 1. The highest BCUT2D eigenvalue weighted by molar-refractivity contribution is 6.05. The molecule has 0 unspecified atom stereocenters. The fraction of sp³-hybridized carbons (Fsp3) is 0.167. The van der Waals surface area contributed by atoms with E-state index in [9.17, 15) is 14.7 Å². The van der Waals surface area contributed by atoms with Crippen LogP contribution in [0, 0.1) is 5.92 Å². The summed E-state index contributed by atoms with van der Waals surface area (Å²) in [5.41, 5.74) is 8.13. The lowest BCUT2D eigenvalue weighted by atomic mass is 10.0. The van der Waals surface area contributed by atoms with E-state index in [-0.39, 0.29) is 36.6 Å². The van der Waals surface area contributed by atoms with Crippen LogP contribution in [0.1, 0.15) is 35.5 Å². The minimum absolute atomic E-state index is 0.0241. The Morgan fingerprint density at radius 2 is 1.77 bits per heavy atom. The number of amidine groups is 1. The molecule has 40 heavy (non-hydrogen) atoms. The van der Waals surface area contributed by atoms with Gasteiger partial charge in [-0.3, -0.25) is 0 Å². The van der Waals surface area contributed by atoms with E-state index in [1.807, 2.05) is 50.2 Å². The second kappa shape index (κ2) is 11.2. The highest BCUT2D eigenvalue weighted by atomic mass is 16.5. The number of aromatic nitrogens is 3. The molecule has 0 spiro atoms. The molecule has 0 atom stereocenters. The SMILES string of the molecule is CC(C)COC(=O)/N=C(\N)c1ccc2cc(C(=O)O)n(Cc3cc(Oc4ncccn4)cc4ccccc34)c2c1. The average Bonchev–Trinajstić information content (AvgIpc) is 3.30. The molecule has 0 fully saturated rings. The maximum absolute atomic E-state index is 12.3. The smallest absolute Gasteiger partial charge is 0.435 e. The van der Waals surface area contributed by atoms with Crippen LogP contribution in [0.15, 0.2) is 84.1 Å². The van der Waals surface area contributed by atoms with Crippen molar-refractivity contribution >= 4 is 39.6 Å². The number of amides is 1. The first kappa shape index (κ1) is 26.4. The van der Waals surface area contributed by atoms with E-state index in [4.69, 9.17) is 15.2 Å². The number of fused-ring (bicyclic) bond motifs is 2. The third kappa shape index (κ3) is 5.75. The van der Waals surface area contributed by atoms with E-state index in [1.54, 1.807) is 47.3 Å². The third-order valence-corrected chi connectivity index (χ3v) is 6.17. The standard InChI is InChI=1S/C30H27N5O5/c1-18(2)17-39-30(38)34-27(31)21-9-8-20-14-26(28(36)37)35(25(20)15-21)16-22-13-23(40-29-32-10-5-11-33-29)12-19-6-3-4-7-24(19)22/h3-15,18H,16-17H2,1-2H3,(H,36,37)(H2,31,34,38). The Bertz CT molecular complexity index is 1740. The molecule has 0 bridgehead atoms. The Hall–Kier alpha value is -5.25. The Balaban J connectivity index is 1.57. The number of hydrogen-bond acceptors (Lipinski definition) is 6. The van der Waals surface area contributed by atoms with Gasteiger partial charge in [0.05, 0.1) is 6.61 Å². The van der Waals surface area contributed by atoms with Crippen LogP contribution < -0.4 is 10.5 Å². The van der Waals surface area contributed by atoms with Gasteiger partial charge in [-0.1, -0.05) is 50.2 Å². The third-order valence-electron chi connectivity index (χ3n) is 6.17. The van der Waals surface area contributed by atoms with Crippen molar-refractivity contribution in [1.82, 2.24) is 14.5 Å². The van der Waals surface area contributed by atoms with Crippen LogP contribution >= 0.6 is 0 Å². The molecule has 0 radical (unpaired) electrons. The van der Waals surface area contributed by atoms with Crippen LogP contribution in [0.2, 0.25) is 0 Å². The van der Waals surface area contributed by atoms with Gasteiger partial charge >= 0.3 is 18.1 Å². The summed E-state index contributed by atoms with van der Waals surface area (Å²) in [4.78, 5) is 36.5. The first-order chi connectivity index (χ1) is 19.3. The van der Waals surface area contributed by atoms with Crippen molar-refractivity contribution in [2.75, 3.05) is 6.61 Å². The van der Waals surface area contributed by atoms with Crippen LogP contribution in [0.5, 0.6) is 11.8 Å². The topological polar surface area (TPSA) is 142 Å². The summed E-state index contributed by atoms with van der Waals surface area (Å²) in [5.74, 6) is -0.421. The van der Waals surface area contributed by atoms with Gasteiger partial charge in [-0.2, -0.15) is 4.99 Å². The minimum Gasteiger partial charge on any atom is -0.477 e. The van der Waals surface area contributed by atoms with Gasteiger partial charge in [-0.15, -0.1) is 0 Å². The van der Waals surface area contributed by atoms with Crippen molar-refractivity contribution in [3.05, 3.63) is 95.9 Å². The number of ether oxygens (including phenoxy) is 2. The number of aliphatic imine (C=N–C) groups is 1. The molecular formula is C30H27N5O5. The fourth-order valence-electron chi connectivity index (χ4n) is 4.36. The zero-order valence-electron chi connectivity index (χ0n) is 21.9. The molecule has 3 N–H and O–H groups in total. The van der Waals surface area contributed by atoms with Crippen LogP contribution in [0.25, 0.3) is 21.7 Å². The maximum Gasteiger partial charge on any atom is 0.435 e. The van der Waals surface area contributed by atoms with E-state index in [0.717, 1.165) is 16.3 Å². The highest BCUT2D eigenvalue weighted by Crippen LogP contribution is 2.30. The van der Waals surface area contributed by atoms with E-state index < -0.39 is 12.1 Å². The fourth-order valence-corrected chi connectivity index (χ4v) is 4.36. The van der Waals surface area contributed by atoms with Gasteiger partial charge in [0.1, 0.15) is 17.3 Å². The molecule has 0 saturated carbocycles. The quantitative estimate of drug-likeness (QED) is 0.192. The number of carbonyl (C=O) groups excluding carboxylic acids is 1. The van der Waals surface area contributed by atoms with Crippen molar-refractivity contribution in [3.63, 3.8) is 0 Å². The molecule has 0 aliphatic carbocycles. The van der Waals surface area contributed by atoms with Crippen LogP contribution in [-0.4, -0.2) is 44.1 Å². The van der Waals surface area contributed by atoms with Crippen molar-refractivity contribution in [2.24, 2.45) is 16.6 Å². The molecular weight excluding hydrogens is 510 g/mol. The predicted molar refractivity (Wildman–Crippen MR) is 151 cm³/mol. The first-order valence-corrected chi connectivity index (χ1v) is 12.6. The lowest BCUT2D eigenvalue weighted by Crippen LogP contribution is -2.17. The van der Waals surface area contributed by atoms with E-state index in [1.165, 1.54) is 0 Å². The number of aromatic carboxylic acids is 1. The Labute approximate surface area is 229 Å². The predicted octanol–water partition coefficient (Wildman–Crippen LogP) is 5.62. The Kier molecular flexibility index (Phi) is 7.41. The summed E-state index contributed by atoms with van der Waals surface area (Å²) in [7, 11) is 0. The van der Waals surface area contributed by atoms with Crippen molar-refractivity contribution in [1.29, 1.82) is 0 Å². The van der Waals surface area contributed by atoms with Gasteiger partial charge in [0.15, 0.2) is 0 Å². The van der Waals surface area contributed by atoms with Gasteiger partial charge in [-0.25, -0.2) is 19.6 Å². The van der Waals surface area contributed by atoms with Gasteiger partial charge in [0.25, 0.3) is 0 Å². The molecule has 3 aromatic carbocycles. The number of carboxylic acid groups (broad SMARTS) is 1. The van der Waals surface area contributed by atoms with Crippen molar-refractivity contribution in [3.8, 4) is 11.8 Å². The summed E-state index contributed by atoms with van der Waals surface area (Å²) >= 11 is 0. The minimum atomic E-state index is -1.08. The highest BCUT2D eigenvalue weighted by Gasteiger charge is 2.18. The largest absolute Gasteiger partial charge is 0.477 e. The molecule has 10 heteroatoms. The molecule has 5 aromatic rings. The molecule has 0 saturated heterocycles. The van der Waals surface area contributed by atoms with Gasteiger partial charge in [-0.05, 0) is 52.6 Å². The van der Waals surface area contributed by atoms with E-state index >= 15 is 0 Å². The summed E-state index contributed by atoms with van der Waals surface area (Å²) in [5, 5.41) is 12.6. The van der Waals surface area contributed by atoms with Gasteiger partial charge < -0.3 is 24.9 Å². The molecule has 202 valence electrons. The monoisotopic (exact) mass is 537 g/mol. The zero-order chi connectivity index (χ0) is 28.2. The molecule has 2 heterocycles. The maximum atomic E-state index is 12.3. The lowest BCUT2D eigenvalue weighted by Gasteiger charge is -2.14. The van der Waals surface area contributed by atoms with E-state index in [2.05, 4.69) is 15.0 Å².